The van der Waals surface area contributed by atoms with Gasteiger partial charge in [-0.2, -0.15) is 0 Å². The average molecular weight is 840 g/mol. The molecule has 0 unspecified atom stereocenters. The number of amides is 3. The largest absolute Gasteiger partial charge is 0.475 e. The zero-order valence-electron chi connectivity index (χ0n) is 35.1. The summed E-state index contributed by atoms with van der Waals surface area (Å²) in [5.74, 6) is -0.592. The number of phosphoric ester groups is 1. The molecule has 0 radical (unpaired) electrons. The number of hydrogen-bond acceptors (Lipinski definition) is 10. The minimum Gasteiger partial charge on any atom is -0.382 e. The highest BCUT2D eigenvalue weighted by atomic mass is 31.2. The number of nitrogens with one attached hydrogen (secondary N) is 3. The number of benzene rings is 3. The van der Waals surface area contributed by atoms with E-state index >= 15 is 0 Å². The fourth-order valence-corrected chi connectivity index (χ4v) is 7.25. The number of hydrogen-bond donors (Lipinski definition) is 3. The second-order valence-electron chi connectivity index (χ2n) is 13.9. The average Bonchev–Trinajstić information content (AvgIpc) is 3.26. The quantitative estimate of drug-likeness (QED) is 0.0402. The predicted molar refractivity (Wildman–Crippen MR) is 228 cm³/mol. The Labute approximate surface area is 351 Å². The van der Waals surface area contributed by atoms with E-state index in [2.05, 4.69) is 16.0 Å². The smallest absolute Gasteiger partial charge is 0.382 e. The second-order valence-corrected chi connectivity index (χ2v) is 15.6. The van der Waals surface area contributed by atoms with Crippen molar-refractivity contribution < 1.29 is 46.7 Å². The van der Waals surface area contributed by atoms with Crippen LogP contribution in [0.25, 0.3) is 0 Å². The Morgan fingerprint density at radius 2 is 0.729 bits per heavy atom. The molecule has 59 heavy (non-hydrogen) atoms. The van der Waals surface area contributed by atoms with E-state index in [9.17, 15) is 18.9 Å². The van der Waals surface area contributed by atoms with Crippen molar-refractivity contribution in [3.8, 4) is 0 Å². The molecule has 3 N–H and O–H groups in total. The predicted octanol–water partition coefficient (Wildman–Crippen LogP) is 8.34. The van der Waals surface area contributed by atoms with E-state index in [1.807, 2.05) is 112 Å². The highest BCUT2D eigenvalue weighted by molar-refractivity contribution is 7.48. The van der Waals surface area contributed by atoms with Crippen molar-refractivity contribution in [2.45, 2.75) is 96.7 Å². The van der Waals surface area contributed by atoms with Crippen LogP contribution in [0.4, 0.5) is 0 Å². The SMILES string of the molecule is CCOCCCCC(=O)N[C@@H](COP(=O)(OC[C@H](NC(=O)CCCCOCC)c1ccccc1)OC[C@H](NC(=O)CCCCOCC)c1ccccc1)c1ccccc1. The van der Waals surface area contributed by atoms with Crippen molar-refractivity contribution in [1.82, 2.24) is 16.0 Å². The summed E-state index contributed by atoms with van der Waals surface area (Å²) in [6, 6.07) is 25.7. The molecule has 0 aliphatic rings. The van der Waals surface area contributed by atoms with Gasteiger partial charge in [0.05, 0.1) is 37.9 Å². The van der Waals surface area contributed by atoms with Gasteiger partial charge in [-0.05, 0) is 76.0 Å². The summed E-state index contributed by atoms with van der Waals surface area (Å²) >= 11 is 0. The van der Waals surface area contributed by atoms with E-state index in [1.54, 1.807) is 0 Å². The minimum absolute atomic E-state index is 0.197. The second kappa shape index (κ2) is 30.1. The summed E-state index contributed by atoms with van der Waals surface area (Å²) in [7, 11) is -4.48. The van der Waals surface area contributed by atoms with Crippen LogP contribution in [-0.2, 0) is 46.7 Å². The molecule has 0 aromatic heterocycles. The molecule has 0 aliphatic carbocycles. The van der Waals surface area contributed by atoms with Gasteiger partial charge in [-0.25, -0.2) is 4.57 Å². The highest BCUT2D eigenvalue weighted by Gasteiger charge is 2.33. The third-order valence-electron chi connectivity index (χ3n) is 9.25. The van der Waals surface area contributed by atoms with Gasteiger partial charge < -0.3 is 30.2 Å². The Bertz CT molecular complexity index is 1430. The van der Waals surface area contributed by atoms with Crippen LogP contribution in [0.1, 0.15) is 113 Å². The van der Waals surface area contributed by atoms with E-state index in [0.29, 0.717) is 58.9 Å². The van der Waals surface area contributed by atoms with Crippen LogP contribution in [-0.4, -0.2) is 77.2 Å². The van der Waals surface area contributed by atoms with Crippen molar-refractivity contribution in [3.63, 3.8) is 0 Å². The van der Waals surface area contributed by atoms with Crippen LogP contribution < -0.4 is 16.0 Å². The summed E-state index contributed by atoms with van der Waals surface area (Å²) in [4.78, 5) is 39.5. The Morgan fingerprint density at radius 1 is 0.458 bits per heavy atom. The van der Waals surface area contributed by atoms with Gasteiger partial charge in [0.2, 0.25) is 17.7 Å². The first kappa shape index (κ1) is 49.4. The first-order chi connectivity index (χ1) is 28.8. The summed E-state index contributed by atoms with van der Waals surface area (Å²) in [5.41, 5.74) is 2.21. The molecule has 326 valence electrons. The molecular formula is C45H66N3O10P. The lowest BCUT2D eigenvalue weighted by molar-refractivity contribution is -0.123. The molecule has 0 spiro atoms. The van der Waals surface area contributed by atoms with E-state index in [0.717, 1.165) is 36.0 Å². The summed E-state index contributed by atoms with van der Waals surface area (Å²) in [6.07, 6.45) is 4.95. The lowest BCUT2D eigenvalue weighted by Gasteiger charge is -2.27. The molecule has 3 aromatic rings. The molecule has 0 aliphatic heterocycles. The van der Waals surface area contributed by atoms with Crippen molar-refractivity contribution >= 4 is 25.5 Å². The van der Waals surface area contributed by atoms with E-state index in [1.165, 1.54) is 0 Å². The maximum absolute atomic E-state index is 14.8. The molecule has 3 amide bonds. The van der Waals surface area contributed by atoms with Gasteiger partial charge in [0, 0.05) is 58.9 Å². The van der Waals surface area contributed by atoms with Gasteiger partial charge in [-0.1, -0.05) is 91.0 Å². The zero-order chi connectivity index (χ0) is 42.4. The summed E-state index contributed by atoms with van der Waals surface area (Å²) < 4.78 is 49.4. The normalized spacial score (nSPS) is 13.0. The Hall–Kier alpha value is -3.94. The first-order valence-electron chi connectivity index (χ1n) is 21.1. The highest BCUT2D eigenvalue weighted by Crippen LogP contribution is 2.51. The molecule has 3 aromatic carbocycles. The van der Waals surface area contributed by atoms with Crippen LogP contribution >= 0.6 is 7.82 Å². The third kappa shape index (κ3) is 21.2. The van der Waals surface area contributed by atoms with Gasteiger partial charge in [-0.3, -0.25) is 28.0 Å². The number of ether oxygens (including phenoxy) is 3. The molecule has 3 atom stereocenters. The maximum Gasteiger partial charge on any atom is 0.475 e. The van der Waals surface area contributed by atoms with Crippen LogP contribution in [0, 0.1) is 0 Å². The van der Waals surface area contributed by atoms with E-state index < -0.39 is 25.9 Å². The van der Waals surface area contributed by atoms with Gasteiger partial charge in [0.15, 0.2) is 0 Å². The molecule has 3 rings (SSSR count). The fraction of sp³-hybridized carbons (Fsp3) is 0.533. The van der Waals surface area contributed by atoms with Crippen molar-refractivity contribution in [2.24, 2.45) is 0 Å². The number of carbonyl (C=O) groups excluding carboxylic acids is 3. The lowest BCUT2D eigenvalue weighted by Crippen LogP contribution is -2.33. The Morgan fingerprint density at radius 3 is 0.983 bits per heavy atom. The van der Waals surface area contributed by atoms with Crippen LogP contribution in [0.15, 0.2) is 91.0 Å². The van der Waals surface area contributed by atoms with Gasteiger partial charge in [0.1, 0.15) is 0 Å². The molecule has 14 heteroatoms. The topological polar surface area (TPSA) is 160 Å². The molecular weight excluding hydrogens is 773 g/mol. The van der Waals surface area contributed by atoms with Crippen LogP contribution in [0.2, 0.25) is 0 Å². The Balaban J connectivity index is 1.85. The molecule has 0 heterocycles. The molecule has 13 nitrogen and oxygen atoms in total. The molecule has 0 saturated carbocycles. The maximum atomic E-state index is 14.8. The summed E-state index contributed by atoms with van der Waals surface area (Å²) in [6.45, 7) is 8.59. The van der Waals surface area contributed by atoms with Gasteiger partial charge >= 0.3 is 7.82 Å². The first-order valence-corrected chi connectivity index (χ1v) is 22.5. The molecule has 0 bridgehead atoms. The Kier molecular flexibility index (Phi) is 25.2. The van der Waals surface area contributed by atoms with Crippen LogP contribution in [0.5, 0.6) is 0 Å². The van der Waals surface area contributed by atoms with Crippen molar-refractivity contribution in [2.75, 3.05) is 59.5 Å². The monoisotopic (exact) mass is 839 g/mol. The van der Waals surface area contributed by atoms with Gasteiger partial charge in [0.25, 0.3) is 0 Å². The van der Waals surface area contributed by atoms with Crippen LogP contribution in [0.3, 0.4) is 0 Å². The van der Waals surface area contributed by atoms with Gasteiger partial charge in [-0.15, -0.1) is 0 Å². The number of phosphoric acid groups is 1. The lowest BCUT2D eigenvalue weighted by atomic mass is 10.1. The number of carbonyl (C=O) groups is 3. The zero-order valence-corrected chi connectivity index (χ0v) is 36.0. The number of rotatable bonds is 33. The number of unbranched alkanes of at least 4 members (excludes halogenated alkanes) is 3. The molecule has 0 saturated heterocycles. The van der Waals surface area contributed by atoms with E-state index in [4.69, 9.17) is 27.8 Å². The van der Waals surface area contributed by atoms with Crippen molar-refractivity contribution in [1.29, 1.82) is 0 Å². The fourth-order valence-electron chi connectivity index (χ4n) is 6.03. The third-order valence-corrected chi connectivity index (χ3v) is 10.6. The molecule has 0 fully saturated rings. The standard InChI is InChI=1S/C45H66N3O10P/c1-4-53-31-19-16-28-43(49)46-40(37-22-10-7-11-23-37)34-56-59(52,57-35-41(38-24-12-8-13-25-38)47-44(50)29-17-20-32-54-5-2)58-36-42(39-26-14-9-15-27-39)48-45(51)30-18-21-33-55-6-3/h7-15,22-27,40-42H,4-6,16-21,28-36H2,1-3H3,(H,46,49)(H,47,50)(H,48,51)/t40-,41-,42-/m0/s1. The van der Waals surface area contributed by atoms with E-state index in [-0.39, 0.29) is 56.8 Å². The minimum atomic E-state index is -4.48. The van der Waals surface area contributed by atoms with Crippen molar-refractivity contribution in [3.05, 3.63) is 108 Å². The summed E-state index contributed by atoms with van der Waals surface area (Å²) in [5, 5.41) is 9.08.